The summed E-state index contributed by atoms with van der Waals surface area (Å²) >= 11 is 6.23. The summed E-state index contributed by atoms with van der Waals surface area (Å²) in [6.45, 7) is 4.28. The first-order chi connectivity index (χ1) is 10.2. The predicted molar refractivity (Wildman–Crippen MR) is 85.1 cm³/mol. The van der Waals surface area contributed by atoms with Gasteiger partial charge in [-0.05, 0) is 23.8 Å². The molecule has 2 aromatic rings. The highest BCUT2D eigenvalue weighted by Gasteiger charge is 2.13. The summed E-state index contributed by atoms with van der Waals surface area (Å²) in [5.41, 5.74) is 2.50. The molecule has 21 heavy (non-hydrogen) atoms. The van der Waals surface area contributed by atoms with Crippen LogP contribution in [-0.4, -0.2) is 21.0 Å². The third-order valence-corrected chi connectivity index (χ3v) is 3.37. The summed E-state index contributed by atoms with van der Waals surface area (Å²) in [6.07, 6.45) is 0. The summed E-state index contributed by atoms with van der Waals surface area (Å²) in [4.78, 5) is 0. The molecule has 0 radical (unpaired) electrons. The number of hydrogen-bond acceptors (Lipinski definition) is 3. The van der Waals surface area contributed by atoms with Gasteiger partial charge in [-0.25, -0.2) is 0 Å². The Labute approximate surface area is 129 Å². The van der Waals surface area contributed by atoms with E-state index in [4.69, 9.17) is 25.8 Å². The summed E-state index contributed by atoms with van der Waals surface area (Å²) in [5, 5.41) is 0.649. The lowest BCUT2D eigenvalue weighted by Crippen LogP contribution is -2.02. The van der Waals surface area contributed by atoms with Crippen molar-refractivity contribution >= 4 is 17.2 Å². The number of rotatable bonds is 6. The molecular weight excluding hydrogens is 288 g/mol. The van der Waals surface area contributed by atoms with Crippen LogP contribution in [0.5, 0.6) is 11.5 Å². The predicted octanol–water partition coefficient (Wildman–Crippen LogP) is 4.39. The van der Waals surface area contributed by atoms with Gasteiger partial charge in [0.25, 0.3) is 0 Å². The zero-order valence-corrected chi connectivity index (χ0v) is 12.8. The van der Waals surface area contributed by atoms with Gasteiger partial charge in [0.2, 0.25) is 0 Å². The monoisotopic (exact) mass is 304 g/mol. The molecule has 2 aromatic carbocycles. The number of halogens is 1. The first-order valence-corrected chi connectivity index (χ1v) is 6.79. The third kappa shape index (κ3) is 3.57. The fourth-order valence-corrected chi connectivity index (χ4v) is 2.22. The van der Waals surface area contributed by atoms with Crippen LogP contribution in [0.25, 0.3) is 5.57 Å². The molecule has 0 atom stereocenters. The van der Waals surface area contributed by atoms with Crippen LogP contribution in [0, 0.1) is 0 Å². The number of methoxy groups -OCH3 is 2. The molecule has 3 nitrogen and oxygen atoms in total. The molecule has 0 saturated heterocycles. The highest BCUT2D eigenvalue weighted by Crippen LogP contribution is 2.35. The van der Waals surface area contributed by atoms with E-state index >= 15 is 0 Å². The first-order valence-electron chi connectivity index (χ1n) is 6.41. The highest BCUT2D eigenvalue weighted by atomic mass is 35.5. The number of ether oxygens (including phenoxy) is 3. The van der Waals surface area contributed by atoms with Gasteiger partial charge >= 0.3 is 0 Å². The highest BCUT2D eigenvalue weighted by molar-refractivity contribution is 6.32. The number of hydrogen-bond donors (Lipinski definition) is 0. The van der Waals surface area contributed by atoms with E-state index in [0.717, 1.165) is 16.7 Å². The van der Waals surface area contributed by atoms with Gasteiger partial charge < -0.3 is 14.2 Å². The largest absolute Gasteiger partial charge is 0.497 e. The summed E-state index contributed by atoms with van der Waals surface area (Å²) < 4.78 is 15.8. The second kappa shape index (κ2) is 7.16. The summed E-state index contributed by atoms with van der Waals surface area (Å²) in [7, 11) is 3.18. The Morgan fingerprint density at radius 3 is 2.52 bits per heavy atom. The van der Waals surface area contributed by atoms with Crippen LogP contribution in [0.3, 0.4) is 0 Å². The van der Waals surface area contributed by atoms with Gasteiger partial charge in [-0.3, -0.25) is 0 Å². The molecule has 0 amide bonds. The molecule has 0 bridgehead atoms. The molecule has 0 N–H and O–H groups in total. The van der Waals surface area contributed by atoms with E-state index in [1.165, 1.54) is 0 Å². The SMILES string of the molecule is C=C(c1ccccc1Cl)c1ccc(OC)cc1OCOC. The van der Waals surface area contributed by atoms with Crippen LogP contribution in [-0.2, 0) is 4.74 Å². The third-order valence-electron chi connectivity index (χ3n) is 3.05. The molecule has 0 aliphatic rings. The Kier molecular flexibility index (Phi) is 5.26. The Hall–Kier alpha value is -1.97. The lowest BCUT2D eigenvalue weighted by Gasteiger charge is -2.15. The van der Waals surface area contributed by atoms with Gasteiger partial charge in [0.05, 0.1) is 7.11 Å². The molecule has 4 heteroatoms. The Balaban J connectivity index is 2.42. The Bertz CT molecular complexity index is 638. The fourth-order valence-electron chi connectivity index (χ4n) is 1.97. The Morgan fingerprint density at radius 2 is 1.86 bits per heavy atom. The van der Waals surface area contributed by atoms with Gasteiger partial charge in [-0.1, -0.05) is 36.4 Å². The zero-order chi connectivity index (χ0) is 15.2. The maximum atomic E-state index is 6.23. The van der Waals surface area contributed by atoms with E-state index in [0.29, 0.717) is 16.5 Å². The Morgan fingerprint density at radius 1 is 1.10 bits per heavy atom. The summed E-state index contributed by atoms with van der Waals surface area (Å²) in [6, 6.07) is 13.1. The van der Waals surface area contributed by atoms with Crippen molar-refractivity contribution in [1.29, 1.82) is 0 Å². The smallest absolute Gasteiger partial charge is 0.188 e. The molecule has 110 valence electrons. The molecule has 0 spiro atoms. The molecule has 2 rings (SSSR count). The van der Waals surface area contributed by atoms with Crippen LogP contribution in [0.4, 0.5) is 0 Å². The molecule has 0 aliphatic carbocycles. The van der Waals surface area contributed by atoms with Crippen LogP contribution in [0.1, 0.15) is 11.1 Å². The molecule has 0 unspecified atom stereocenters. The van der Waals surface area contributed by atoms with E-state index in [1.807, 2.05) is 36.4 Å². The lowest BCUT2D eigenvalue weighted by molar-refractivity contribution is 0.0508. The molecule has 0 aromatic heterocycles. The first kappa shape index (κ1) is 15.4. The van der Waals surface area contributed by atoms with Gasteiger partial charge in [-0.15, -0.1) is 0 Å². The van der Waals surface area contributed by atoms with Gasteiger partial charge in [0, 0.05) is 29.3 Å². The van der Waals surface area contributed by atoms with E-state index < -0.39 is 0 Å². The van der Waals surface area contributed by atoms with Crippen molar-refractivity contribution in [3.63, 3.8) is 0 Å². The second-order valence-corrected chi connectivity index (χ2v) is 4.78. The molecule has 0 aliphatic heterocycles. The van der Waals surface area contributed by atoms with Crippen molar-refractivity contribution in [1.82, 2.24) is 0 Å². The van der Waals surface area contributed by atoms with Crippen molar-refractivity contribution in [2.75, 3.05) is 21.0 Å². The minimum Gasteiger partial charge on any atom is -0.497 e. The average molecular weight is 305 g/mol. The summed E-state index contributed by atoms with van der Waals surface area (Å²) in [5.74, 6) is 1.35. The van der Waals surface area contributed by atoms with Crippen molar-refractivity contribution in [3.8, 4) is 11.5 Å². The van der Waals surface area contributed by atoms with Crippen molar-refractivity contribution < 1.29 is 14.2 Å². The molecule has 0 saturated carbocycles. The average Bonchev–Trinajstić information content (AvgIpc) is 2.52. The van der Waals surface area contributed by atoms with Gasteiger partial charge in [-0.2, -0.15) is 0 Å². The second-order valence-electron chi connectivity index (χ2n) is 4.37. The molecule has 0 heterocycles. The minimum atomic E-state index is 0.149. The topological polar surface area (TPSA) is 27.7 Å². The van der Waals surface area contributed by atoms with Crippen LogP contribution in [0.2, 0.25) is 5.02 Å². The van der Waals surface area contributed by atoms with Crippen LogP contribution in [0.15, 0.2) is 49.0 Å². The minimum absolute atomic E-state index is 0.149. The van der Waals surface area contributed by atoms with E-state index in [-0.39, 0.29) is 6.79 Å². The quantitative estimate of drug-likeness (QED) is 0.741. The van der Waals surface area contributed by atoms with Gasteiger partial charge in [0.15, 0.2) is 6.79 Å². The standard InChI is InChI=1S/C17H17ClO3/c1-12(14-6-4-5-7-16(14)18)15-9-8-13(20-3)10-17(15)21-11-19-2/h4-10H,1,11H2,2-3H3. The fraction of sp³-hybridized carbons (Fsp3) is 0.176. The van der Waals surface area contributed by atoms with E-state index in [9.17, 15) is 0 Å². The van der Waals surface area contributed by atoms with Crippen molar-refractivity contribution in [2.45, 2.75) is 0 Å². The van der Waals surface area contributed by atoms with E-state index in [1.54, 1.807) is 20.3 Å². The zero-order valence-electron chi connectivity index (χ0n) is 12.1. The van der Waals surface area contributed by atoms with E-state index in [2.05, 4.69) is 6.58 Å². The lowest BCUT2D eigenvalue weighted by atomic mass is 9.98. The maximum Gasteiger partial charge on any atom is 0.188 e. The van der Waals surface area contributed by atoms with Crippen LogP contribution < -0.4 is 9.47 Å². The van der Waals surface area contributed by atoms with Gasteiger partial charge in [0.1, 0.15) is 11.5 Å². The van der Waals surface area contributed by atoms with Crippen molar-refractivity contribution in [2.24, 2.45) is 0 Å². The van der Waals surface area contributed by atoms with Crippen molar-refractivity contribution in [3.05, 3.63) is 65.2 Å². The molecular formula is C17H17ClO3. The van der Waals surface area contributed by atoms with Crippen LogP contribution >= 0.6 is 11.6 Å². The maximum absolute atomic E-state index is 6.23. The number of benzene rings is 2. The molecule has 0 fully saturated rings. The normalized spacial score (nSPS) is 10.2.